The van der Waals surface area contributed by atoms with Crippen LogP contribution < -0.4 is 20.1 Å². The molecule has 0 fully saturated rings. The number of nitrogens with zero attached hydrogens (tertiary/aromatic N) is 1. The molecule has 0 radical (unpaired) electrons. The molecule has 0 bridgehead atoms. The Labute approximate surface area is 159 Å². The zero-order chi connectivity index (χ0) is 19.8. The van der Waals surface area contributed by atoms with Crippen molar-refractivity contribution in [2.24, 2.45) is 0 Å². The molecule has 0 aliphatic carbocycles. The molecule has 9 nitrogen and oxygen atoms in total. The monoisotopic (exact) mass is 381 g/mol. The number of ketones is 1. The first-order valence-corrected chi connectivity index (χ1v) is 8.41. The fourth-order valence-corrected chi connectivity index (χ4v) is 3.31. The lowest BCUT2D eigenvalue weighted by molar-refractivity contribution is -0.385. The van der Waals surface area contributed by atoms with Crippen LogP contribution >= 0.6 is 0 Å². The number of hydrogen-bond donors (Lipinski definition) is 2. The van der Waals surface area contributed by atoms with Crippen LogP contribution in [0.15, 0.2) is 53.7 Å². The molecule has 2 heterocycles. The van der Waals surface area contributed by atoms with Gasteiger partial charge in [0.2, 0.25) is 6.79 Å². The van der Waals surface area contributed by atoms with Crippen molar-refractivity contribution in [1.82, 2.24) is 10.6 Å². The van der Waals surface area contributed by atoms with Crippen LogP contribution in [0.5, 0.6) is 11.5 Å². The highest BCUT2D eigenvalue weighted by molar-refractivity contribution is 6.11. The molecule has 0 aromatic heterocycles. The minimum atomic E-state index is -1.02. The van der Waals surface area contributed by atoms with E-state index in [0.717, 1.165) is 0 Å². The maximum Gasteiger partial charge on any atom is 0.319 e. The molecular weight excluding hydrogens is 366 g/mol. The van der Waals surface area contributed by atoms with Crippen LogP contribution in [0.4, 0.5) is 10.5 Å². The largest absolute Gasteiger partial charge is 0.454 e. The number of carbonyl (C=O) groups is 2. The number of allylic oxidation sites excluding steroid dienone is 1. The van der Waals surface area contributed by atoms with Gasteiger partial charge < -0.3 is 20.1 Å². The van der Waals surface area contributed by atoms with Crippen LogP contribution in [0.25, 0.3) is 0 Å². The van der Waals surface area contributed by atoms with Crippen LogP contribution in [0.2, 0.25) is 0 Å². The molecule has 1 atom stereocenters. The lowest BCUT2D eigenvalue weighted by atomic mass is 9.88. The number of rotatable bonds is 4. The first-order chi connectivity index (χ1) is 13.5. The van der Waals surface area contributed by atoms with Crippen LogP contribution in [0, 0.1) is 10.1 Å². The maximum absolute atomic E-state index is 13.1. The minimum Gasteiger partial charge on any atom is -0.454 e. The highest BCUT2D eigenvalue weighted by Gasteiger charge is 2.37. The van der Waals surface area contributed by atoms with Crippen molar-refractivity contribution in [2.75, 3.05) is 6.79 Å². The number of fused-ring (bicyclic) bond motifs is 1. The van der Waals surface area contributed by atoms with E-state index in [-0.39, 0.29) is 35.1 Å². The smallest absolute Gasteiger partial charge is 0.319 e. The number of nitrogens with one attached hydrogen (secondary N) is 2. The highest BCUT2D eigenvalue weighted by Crippen LogP contribution is 2.43. The summed E-state index contributed by atoms with van der Waals surface area (Å²) in [6.07, 6.45) is 0. The molecule has 2 aromatic rings. The van der Waals surface area contributed by atoms with Gasteiger partial charge in [-0.05, 0) is 13.0 Å². The topological polar surface area (TPSA) is 120 Å². The second-order valence-corrected chi connectivity index (χ2v) is 6.29. The Morgan fingerprint density at radius 1 is 1.18 bits per heavy atom. The van der Waals surface area contributed by atoms with Crippen LogP contribution in [-0.4, -0.2) is 23.5 Å². The molecule has 2 aliphatic heterocycles. The Morgan fingerprint density at radius 3 is 2.54 bits per heavy atom. The Bertz CT molecular complexity index is 1030. The van der Waals surface area contributed by atoms with Crippen molar-refractivity contribution in [2.45, 2.75) is 13.0 Å². The van der Waals surface area contributed by atoms with Gasteiger partial charge in [-0.15, -0.1) is 0 Å². The summed E-state index contributed by atoms with van der Waals surface area (Å²) in [7, 11) is 0. The average molecular weight is 381 g/mol. The van der Waals surface area contributed by atoms with Crippen molar-refractivity contribution in [3.05, 3.63) is 75.0 Å². The van der Waals surface area contributed by atoms with Gasteiger partial charge in [-0.3, -0.25) is 14.9 Å². The molecule has 1 unspecified atom stereocenters. The number of benzene rings is 2. The predicted molar refractivity (Wildman–Crippen MR) is 97.1 cm³/mol. The van der Waals surface area contributed by atoms with Crippen molar-refractivity contribution >= 4 is 17.5 Å². The zero-order valence-electron chi connectivity index (χ0n) is 14.7. The third kappa shape index (κ3) is 2.92. The van der Waals surface area contributed by atoms with Crippen LogP contribution in [-0.2, 0) is 0 Å². The van der Waals surface area contributed by atoms with E-state index in [4.69, 9.17) is 9.47 Å². The molecule has 9 heteroatoms. The summed E-state index contributed by atoms with van der Waals surface area (Å²) in [5.74, 6) is 0.215. The summed E-state index contributed by atoms with van der Waals surface area (Å²) in [4.78, 5) is 36.3. The van der Waals surface area contributed by atoms with E-state index < -0.39 is 17.0 Å². The first-order valence-electron chi connectivity index (χ1n) is 8.41. The van der Waals surface area contributed by atoms with Crippen molar-refractivity contribution in [3.63, 3.8) is 0 Å². The van der Waals surface area contributed by atoms with E-state index in [2.05, 4.69) is 10.6 Å². The number of amides is 2. The van der Waals surface area contributed by atoms with Crippen LogP contribution in [0.1, 0.15) is 28.9 Å². The Balaban J connectivity index is 1.88. The predicted octanol–water partition coefficient (Wildman–Crippen LogP) is 2.83. The molecule has 2 aliphatic rings. The minimum absolute atomic E-state index is 0.0564. The van der Waals surface area contributed by atoms with Gasteiger partial charge in [-0.1, -0.05) is 30.3 Å². The first kappa shape index (κ1) is 17.5. The Kier molecular flexibility index (Phi) is 4.19. The summed E-state index contributed by atoms with van der Waals surface area (Å²) in [5.41, 5.74) is 0.816. The van der Waals surface area contributed by atoms with E-state index in [1.807, 2.05) is 0 Å². The molecular formula is C19H15N3O6. The third-order valence-corrected chi connectivity index (χ3v) is 4.58. The Hall–Kier alpha value is -3.88. The number of nitro groups is 1. The van der Waals surface area contributed by atoms with Crippen molar-refractivity contribution < 1.29 is 24.0 Å². The normalized spacial score (nSPS) is 17.8. The summed E-state index contributed by atoms with van der Waals surface area (Å²) < 4.78 is 10.5. The van der Waals surface area contributed by atoms with Gasteiger partial charge in [0.15, 0.2) is 17.3 Å². The van der Waals surface area contributed by atoms with Gasteiger partial charge in [0.1, 0.15) is 0 Å². The molecule has 28 heavy (non-hydrogen) atoms. The van der Waals surface area contributed by atoms with E-state index in [1.54, 1.807) is 37.3 Å². The summed E-state index contributed by atoms with van der Waals surface area (Å²) in [6, 6.07) is 9.60. The average Bonchev–Trinajstić information content (AvgIpc) is 3.14. The van der Waals surface area contributed by atoms with E-state index in [9.17, 15) is 19.7 Å². The Morgan fingerprint density at radius 2 is 1.86 bits per heavy atom. The molecule has 2 amide bonds. The number of carbonyl (C=O) groups excluding carboxylic acids is 2. The quantitative estimate of drug-likeness (QED) is 0.477. The summed E-state index contributed by atoms with van der Waals surface area (Å²) >= 11 is 0. The lowest BCUT2D eigenvalue weighted by Crippen LogP contribution is -2.45. The van der Waals surface area contributed by atoms with E-state index >= 15 is 0 Å². The summed E-state index contributed by atoms with van der Waals surface area (Å²) in [6.45, 7) is 1.53. The number of urea groups is 1. The van der Waals surface area contributed by atoms with Gasteiger partial charge in [-0.2, -0.15) is 0 Å². The second kappa shape index (κ2) is 6.69. The lowest BCUT2D eigenvalue weighted by Gasteiger charge is -2.28. The fourth-order valence-electron chi connectivity index (χ4n) is 3.31. The van der Waals surface area contributed by atoms with Gasteiger partial charge >= 0.3 is 6.03 Å². The van der Waals surface area contributed by atoms with E-state index in [1.165, 1.54) is 12.1 Å². The van der Waals surface area contributed by atoms with E-state index in [0.29, 0.717) is 17.0 Å². The van der Waals surface area contributed by atoms with Crippen molar-refractivity contribution in [1.29, 1.82) is 0 Å². The van der Waals surface area contributed by atoms with Gasteiger partial charge in [-0.25, -0.2) is 4.79 Å². The number of ether oxygens (including phenoxy) is 2. The fraction of sp³-hybridized carbons (Fsp3) is 0.158. The third-order valence-electron chi connectivity index (χ3n) is 4.58. The molecule has 0 saturated heterocycles. The van der Waals surface area contributed by atoms with Gasteiger partial charge in [0.05, 0.1) is 22.6 Å². The van der Waals surface area contributed by atoms with Crippen LogP contribution in [0.3, 0.4) is 0 Å². The van der Waals surface area contributed by atoms with Crippen molar-refractivity contribution in [3.8, 4) is 11.5 Å². The second-order valence-electron chi connectivity index (χ2n) is 6.29. The molecule has 0 saturated carbocycles. The number of Topliss-reactive ketones (excluding diaryl/α,β-unsaturated/α-hetero) is 1. The standard InChI is InChI=1S/C19H15N3O6/c1-10-16(18(23)11-5-3-2-4-6-11)17(21-19(24)20-10)12-7-14-15(28-9-27-14)8-13(12)22(25)26/h2-8,17H,9H2,1H3,(H2,20,21,24). The maximum atomic E-state index is 13.1. The SMILES string of the molecule is CC1=C(C(=O)c2ccccc2)C(c2cc3c(cc2[N+](=O)[O-])OCO3)NC(=O)N1. The summed E-state index contributed by atoms with van der Waals surface area (Å²) in [5, 5.41) is 16.8. The molecule has 4 rings (SSSR count). The number of nitro benzene ring substituents is 1. The van der Waals surface area contributed by atoms with Gasteiger partial charge in [0, 0.05) is 16.8 Å². The molecule has 0 spiro atoms. The molecule has 2 N–H and O–H groups in total. The molecule has 142 valence electrons. The molecule has 2 aromatic carbocycles. The zero-order valence-corrected chi connectivity index (χ0v) is 14.7. The van der Waals surface area contributed by atoms with Gasteiger partial charge in [0.25, 0.3) is 5.69 Å². The number of hydrogen-bond acceptors (Lipinski definition) is 6. The highest BCUT2D eigenvalue weighted by atomic mass is 16.7.